The standard InChI is InChI=1S/C24H16N2O/c25-15-14-21-17-10-4-6-12-19(17)23-22(16-8-2-1-3-9-16)18-11-5-7-13-20(18)24(27)26(21)23/h1-13,21H,14H2. The van der Waals surface area contributed by atoms with E-state index >= 15 is 0 Å². The molecule has 0 bridgehead atoms. The van der Waals surface area contributed by atoms with Gasteiger partial charge in [-0.25, -0.2) is 0 Å². The lowest BCUT2D eigenvalue weighted by Gasteiger charge is -2.17. The third-order valence-electron chi connectivity index (χ3n) is 5.36. The lowest BCUT2D eigenvalue weighted by molar-refractivity contribution is 0.612. The summed E-state index contributed by atoms with van der Waals surface area (Å²) in [5, 5.41) is 11.0. The van der Waals surface area contributed by atoms with Crippen molar-refractivity contribution >= 4 is 10.8 Å². The van der Waals surface area contributed by atoms with E-state index in [9.17, 15) is 10.1 Å². The zero-order chi connectivity index (χ0) is 18.4. The van der Waals surface area contributed by atoms with Crippen LogP contribution in [0.5, 0.6) is 0 Å². The molecule has 0 spiro atoms. The van der Waals surface area contributed by atoms with Crippen molar-refractivity contribution in [2.45, 2.75) is 12.5 Å². The largest absolute Gasteiger partial charge is 0.299 e. The lowest BCUT2D eigenvalue weighted by atomic mass is 9.93. The molecule has 27 heavy (non-hydrogen) atoms. The van der Waals surface area contributed by atoms with Gasteiger partial charge in [0.05, 0.1) is 24.2 Å². The van der Waals surface area contributed by atoms with Crippen LogP contribution in [0.3, 0.4) is 0 Å². The molecule has 0 amide bonds. The van der Waals surface area contributed by atoms with Gasteiger partial charge in [-0.1, -0.05) is 72.8 Å². The molecule has 5 rings (SSSR count). The first-order valence-electron chi connectivity index (χ1n) is 9.00. The SMILES string of the molecule is N#CCC1c2ccccc2-c2c(-c3ccccc3)c3ccccc3c(=O)n21. The molecule has 0 radical (unpaired) electrons. The van der Waals surface area contributed by atoms with Gasteiger partial charge in [0, 0.05) is 16.5 Å². The summed E-state index contributed by atoms with van der Waals surface area (Å²) in [5.74, 6) is 0. The van der Waals surface area contributed by atoms with Crippen molar-refractivity contribution in [1.29, 1.82) is 5.26 Å². The highest BCUT2D eigenvalue weighted by Crippen LogP contribution is 2.46. The van der Waals surface area contributed by atoms with Crippen LogP contribution in [0, 0.1) is 11.3 Å². The Morgan fingerprint density at radius 3 is 2.30 bits per heavy atom. The lowest BCUT2D eigenvalue weighted by Crippen LogP contribution is -2.24. The number of hydrogen-bond acceptors (Lipinski definition) is 2. The van der Waals surface area contributed by atoms with E-state index in [1.807, 2.05) is 65.2 Å². The topological polar surface area (TPSA) is 45.8 Å². The molecular weight excluding hydrogens is 332 g/mol. The molecule has 3 heteroatoms. The smallest absolute Gasteiger partial charge is 0.259 e. The van der Waals surface area contributed by atoms with Gasteiger partial charge in [-0.05, 0) is 22.6 Å². The van der Waals surface area contributed by atoms with E-state index in [4.69, 9.17) is 0 Å². The van der Waals surface area contributed by atoms with Gasteiger partial charge < -0.3 is 0 Å². The molecule has 1 aliphatic heterocycles. The number of benzene rings is 3. The molecule has 0 aliphatic carbocycles. The molecular formula is C24H16N2O. The number of aromatic nitrogens is 1. The van der Waals surface area contributed by atoms with E-state index in [2.05, 4.69) is 24.3 Å². The van der Waals surface area contributed by atoms with E-state index in [-0.39, 0.29) is 18.0 Å². The first-order chi connectivity index (χ1) is 13.3. The highest BCUT2D eigenvalue weighted by Gasteiger charge is 2.32. The fourth-order valence-electron chi connectivity index (χ4n) is 4.26. The highest BCUT2D eigenvalue weighted by atomic mass is 16.1. The van der Waals surface area contributed by atoms with E-state index in [1.165, 1.54) is 0 Å². The Hall–Kier alpha value is -3.64. The molecule has 3 aromatic carbocycles. The molecule has 1 unspecified atom stereocenters. The van der Waals surface area contributed by atoms with Crippen molar-refractivity contribution in [2.24, 2.45) is 0 Å². The van der Waals surface area contributed by atoms with Gasteiger partial charge >= 0.3 is 0 Å². The van der Waals surface area contributed by atoms with Crippen molar-refractivity contribution in [3.8, 4) is 28.5 Å². The Morgan fingerprint density at radius 2 is 1.52 bits per heavy atom. The summed E-state index contributed by atoms with van der Waals surface area (Å²) < 4.78 is 1.83. The van der Waals surface area contributed by atoms with Crippen LogP contribution in [0.25, 0.3) is 33.2 Å². The molecule has 128 valence electrons. The van der Waals surface area contributed by atoms with Crippen LogP contribution < -0.4 is 5.56 Å². The summed E-state index contributed by atoms with van der Waals surface area (Å²) in [4.78, 5) is 13.4. The van der Waals surface area contributed by atoms with Crippen LogP contribution in [0.2, 0.25) is 0 Å². The van der Waals surface area contributed by atoms with E-state index in [1.54, 1.807) is 0 Å². The van der Waals surface area contributed by atoms with Crippen molar-refractivity contribution < 1.29 is 0 Å². The minimum Gasteiger partial charge on any atom is -0.299 e. The molecule has 2 heterocycles. The van der Waals surface area contributed by atoms with E-state index in [0.717, 1.165) is 33.3 Å². The molecule has 4 aromatic rings. The predicted molar refractivity (Wildman–Crippen MR) is 107 cm³/mol. The van der Waals surface area contributed by atoms with Gasteiger partial charge in [-0.2, -0.15) is 5.26 Å². The summed E-state index contributed by atoms with van der Waals surface area (Å²) in [6, 6.07) is 28.0. The number of nitriles is 1. The van der Waals surface area contributed by atoms with Crippen molar-refractivity contribution in [2.75, 3.05) is 0 Å². The van der Waals surface area contributed by atoms with Crippen molar-refractivity contribution in [3.05, 3.63) is 94.8 Å². The number of hydrogen-bond donors (Lipinski definition) is 0. The van der Waals surface area contributed by atoms with Crippen LogP contribution in [0.15, 0.2) is 83.7 Å². The normalized spacial score (nSPS) is 14.6. The maximum absolute atomic E-state index is 13.4. The Kier molecular flexibility index (Phi) is 3.45. The Balaban J connectivity index is 2.02. The third kappa shape index (κ3) is 2.17. The quantitative estimate of drug-likeness (QED) is 0.503. The fourth-order valence-corrected chi connectivity index (χ4v) is 4.26. The summed E-state index contributed by atoms with van der Waals surface area (Å²) in [7, 11) is 0. The minimum atomic E-state index is -0.249. The second-order valence-corrected chi connectivity index (χ2v) is 6.78. The number of pyridine rings is 1. The Bertz CT molecular complexity index is 1280. The summed E-state index contributed by atoms with van der Waals surface area (Å²) >= 11 is 0. The summed E-state index contributed by atoms with van der Waals surface area (Å²) in [6.07, 6.45) is 0.274. The molecule has 0 fully saturated rings. The number of nitrogens with zero attached hydrogens (tertiary/aromatic N) is 2. The van der Waals surface area contributed by atoms with Crippen LogP contribution >= 0.6 is 0 Å². The van der Waals surface area contributed by atoms with E-state index in [0.29, 0.717) is 5.39 Å². The van der Waals surface area contributed by atoms with Gasteiger partial charge in [0.25, 0.3) is 5.56 Å². The second-order valence-electron chi connectivity index (χ2n) is 6.78. The van der Waals surface area contributed by atoms with Crippen LogP contribution in [0.4, 0.5) is 0 Å². The van der Waals surface area contributed by atoms with E-state index < -0.39 is 0 Å². The number of rotatable bonds is 2. The summed E-state index contributed by atoms with van der Waals surface area (Å²) in [5.41, 5.74) is 5.10. The first-order valence-corrected chi connectivity index (χ1v) is 9.00. The van der Waals surface area contributed by atoms with Crippen molar-refractivity contribution in [1.82, 2.24) is 4.57 Å². The van der Waals surface area contributed by atoms with Crippen LogP contribution in [-0.4, -0.2) is 4.57 Å². The average Bonchev–Trinajstić information content (AvgIpc) is 3.04. The van der Waals surface area contributed by atoms with Gasteiger partial charge in [-0.15, -0.1) is 0 Å². The fraction of sp³-hybridized carbons (Fsp3) is 0.0833. The molecule has 1 atom stereocenters. The number of fused-ring (bicyclic) bond motifs is 4. The molecule has 0 saturated carbocycles. The molecule has 0 saturated heterocycles. The monoisotopic (exact) mass is 348 g/mol. The molecule has 1 aromatic heterocycles. The summed E-state index contributed by atoms with van der Waals surface area (Å²) in [6.45, 7) is 0. The Morgan fingerprint density at radius 1 is 0.852 bits per heavy atom. The second kappa shape index (κ2) is 5.96. The van der Waals surface area contributed by atoms with Gasteiger partial charge in [-0.3, -0.25) is 9.36 Å². The predicted octanol–water partition coefficient (Wildman–Crippen LogP) is 5.15. The molecule has 0 N–H and O–H groups in total. The Labute approximate surface area is 156 Å². The zero-order valence-corrected chi connectivity index (χ0v) is 14.6. The van der Waals surface area contributed by atoms with Crippen molar-refractivity contribution in [3.63, 3.8) is 0 Å². The maximum atomic E-state index is 13.4. The molecule has 1 aliphatic rings. The average molecular weight is 348 g/mol. The van der Waals surface area contributed by atoms with Crippen LogP contribution in [0.1, 0.15) is 18.0 Å². The zero-order valence-electron chi connectivity index (χ0n) is 14.6. The minimum absolute atomic E-state index is 0.0308. The van der Waals surface area contributed by atoms with Gasteiger partial charge in [0.1, 0.15) is 0 Å². The van der Waals surface area contributed by atoms with Crippen LogP contribution in [-0.2, 0) is 0 Å². The van der Waals surface area contributed by atoms with Gasteiger partial charge in [0.2, 0.25) is 0 Å². The highest BCUT2D eigenvalue weighted by molar-refractivity contribution is 6.03. The van der Waals surface area contributed by atoms with Gasteiger partial charge in [0.15, 0.2) is 0 Å². The maximum Gasteiger partial charge on any atom is 0.259 e. The first kappa shape index (κ1) is 15.6. The molecule has 3 nitrogen and oxygen atoms in total. The third-order valence-corrected chi connectivity index (χ3v) is 5.36.